The maximum atomic E-state index is 11.0. The summed E-state index contributed by atoms with van der Waals surface area (Å²) >= 11 is 0. The lowest BCUT2D eigenvalue weighted by Gasteiger charge is -2.24. The third kappa shape index (κ3) is 2.50. The summed E-state index contributed by atoms with van der Waals surface area (Å²) in [6.45, 7) is 6.18. The van der Waals surface area contributed by atoms with Crippen molar-refractivity contribution in [2.45, 2.75) is 26.5 Å². The van der Waals surface area contributed by atoms with Crippen molar-refractivity contribution in [3.8, 4) is 0 Å². The SMILES string of the molecule is Cc1cc(C(=O)O)c(C)n1CC1COCCO1. The van der Waals surface area contributed by atoms with Gasteiger partial charge in [0, 0.05) is 11.4 Å². The van der Waals surface area contributed by atoms with E-state index in [9.17, 15) is 4.79 Å². The highest BCUT2D eigenvalue weighted by atomic mass is 16.6. The molecule has 0 saturated carbocycles. The van der Waals surface area contributed by atoms with Crippen LogP contribution in [0, 0.1) is 13.8 Å². The zero-order chi connectivity index (χ0) is 12.4. The maximum Gasteiger partial charge on any atom is 0.337 e. The molecule has 0 bridgehead atoms. The molecule has 0 spiro atoms. The van der Waals surface area contributed by atoms with Crippen molar-refractivity contribution in [3.63, 3.8) is 0 Å². The first kappa shape index (κ1) is 12.1. The van der Waals surface area contributed by atoms with E-state index >= 15 is 0 Å². The predicted molar refractivity (Wildman–Crippen MR) is 61.4 cm³/mol. The third-order valence-electron chi connectivity index (χ3n) is 3.08. The first-order valence-electron chi connectivity index (χ1n) is 5.69. The Hall–Kier alpha value is -1.33. The van der Waals surface area contributed by atoms with Gasteiger partial charge in [0.25, 0.3) is 0 Å². The highest BCUT2D eigenvalue weighted by molar-refractivity contribution is 5.89. The fraction of sp³-hybridized carbons (Fsp3) is 0.583. The van der Waals surface area contributed by atoms with E-state index in [2.05, 4.69) is 0 Å². The molecule has 1 aliphatic heterocycles. The van der Waals surface area contributed by atoms with E-state index < -0.39 is 5.97 Å². The first-order valence-corrected chi connectivity index (χ1v) is 5.69. The minimum Gasteiger partial charge on any atom is -0.478 e. The zero-order valence-corrected chi connectivity index (χ0v) is 10.1. The molecule has 2 rings (SSSR count). The Labute approximate surface area is 99.9 Å². The molecule has 2 heterocycles. The monoisotopic (exact) mass is 239 g/mol. The summed E-state index contributed by atoms with van der Waals surface area (Å²) in [5, 5.41) is 9.04. The summed E-state index contributed by atoms with van der Waals surface area (Å²) < 4.78 is 12.9. The summed E-state index contributed by atoms with van der Waals surface area (Å²) in [6.07, 6.45) is 0.00944. The third-order valence-corrected chi connectivity index (χ3v) is 3.08. The number of nitrogens with zero attached hydrogens (tertiary/aromatic N) is 1. The van der Waals surface area contributed by atoms with Gasteiger partial charge < -0.3 is 19.1 Å². The fourth-order valence-corrected chi connectivity index (χ4v) is 2.14. The van der Waals surface area contributed by atoms with Crippen molar-refractivity contribution in [1.82, 2.24) is 4.57 Å². The van der Waals surface area contributed by atoms with E-state index in [4.69, 9.17) is 14.6 Å². The molecular weight excluding hydrogens is 222 g/mol. The summed E-state index contributed by atoms with van der Waals surface area (Å²) in [5.41, 5.74) is 2.07. The number of aromatic carboxylic acids is 1. The van der Waals surface area contributed by atoms with Crippen molar-refractivity contribution in [1.29, 1.82) is 0 Å². The second kappa shape index (κ2) is 4.89. The van der Waals surface area contributed by atoms with Gasteiger partial charge >= 0.3 is 5.97 Å². The molecule has 1 unspecified atom stereocenters. The van der Waals surface area contributed by atoms with Gasteiger partial charge in [-0.3, -0.25) is 0 Å². The van der Waals surface area contributed by atoms with Gasteiger partial charge in [-0.15, -0.1) is 0 Å². The van der Waals surface area contributed by atoms with Crippen LogP contribution in [0.3, 0.4) is 0 Å². The quantitative estimate of drug-likeness (QED) is 0.861. The van der Waals surface area contributed by atoms with Crippen molar-refractivity contribution in [2.24, 2.45) is 0 Å². The van der Waals surface area contributed by atoms with Gasteiger partial charge in [-0.25, -0.2) is 4.79 Å². The topological polar surface area (TPSA) is 60.7 Å². The van der Waals surface area contributed by atoms with Crippen molar-refractivity contribution < 1.29 is 19.4 Å². The highest BCUT2D eigenvalue weighted by Gasteiger charge is 2.19. The zero-order valence-electron chi connectivity index (χ0n) is 10.1. The number of rotatable bonds is 3. The molecule has 5 nitrogen and oxygen atoms in total. The van der Waals surface area contributed by atoms with Gasteiger partial charge in [0.1, 0.15) is 0 Å². The fourth-order valence-electron chi connectivity index (χ4n) is 2.14. The summed E-state index contributed by atoms with van der Waals surface area (Å²) in [6, 6.07) is 1.70. The molecule has 17 heavy (non-hydrogen) atoms. The summed E-state index contributed by atoms with van der Waals surface area (Å²) in [7, 11) is 0. The Morgan fingerprint density at radius 2 is 2.29 bits per heavy atom. The van der Waals surface area contributed by atoms with E-state index in [1.807, 2.05) is 18.4 Å². The van der Waals surface area contributed by atoms with Gasteiger partial charge in [0.05, 0.1) is 38.0 Å². The molecule has 0 aliphatic carbocycles. The van der Waals surface area contributed by atoms with Gasteiger partial charge in [-0.1, -0.05) is 0 Å². The van der Waals surface area contributed by atoms with Gasteiger partial charge in [0.2, 0.25) is 0 Å². The molecule has 1 saturated heterocycles. The Kier molecular flexibility index (Phi) is 3.49. The van der Waals surface area contributed by atoms with Crippen LogP contribution in [0.25, 0.3) is 0 Å². The number of carbonyl (C=O) groups is 1. The second-order valence-electron chi connectivity index (χ2n) is 4.27. The van der Waals surface area contributed by atoms with Crippen LogP contribution in [0.15, 0.2) is 6.07 Å². The first-order chi connectivity index (χ1) is 8.09. The average Bonchev–Trinajstić information content (AvgIpc) is 2.58. The largest absolute Gasteiger partial charge is 0.478 e. The average molecular weight is 239 g/mol. The Morgan fingerprint density at radius 3 is 2.82 bits per heavy atom. The van der Waals surface area contributed by atoms with Gasteiger partial charge in [0.15, 0.2) is 0 Å². The van der Waals surface area contributed by atoms with Crippen LogP contribution < -0.4 is 0 Å². The lowest BCUT2D eigenvalue weighted by atomic mass is 10.2. The molecular formula is C12H17NO4. The normalized spacial score (nSPS) is 20.5. The Morgan fingerprint density at radius 1 is 1.53 bits per heavy atom. The number of aromatic nitrogens is 1. The predicted octanol–water partition coefficient (Wildman–Crippen LogP) is 1.22. The highest BCUT2D eigenvalue weighted by Crippen LogP contribution is 2.17. The smallest absolute Gasteiger partial charge is 0.337 e. The molecule has 1 aromatic rings. The number of carboxylic acid groups (broad SMARTS) is 1. The number of carboxylic acids is 1. The van der Waals surface area contributed by atoms with E-state index in [1.165, 1.54) is 0 Å². The number of aryl methyl sites for hydroxylation is 1. The van der Waals surface area contributed by atoms with Crippen LogP contribution >= 0.6 is 0 Å². The second-order valence-corrected chi connectivity index (χ2v) is 4.27. The summed E-state index contributed by atoms with van der Waals surface area (Å²) in [5.74, 6) is -0.884. The minimum atomic E-state index is -0.884. The minimum absolute atomic E-state index is 0.00944. The Balaban J connectivity index is 2.17. The molecule has 1 N–H and O–H groups in total. The van der Waals surface area contributed by atoms with Crippen LogP contribution in [0.1, 0.15) is 21.7 Å². The standard InChI is InChI=1S/C12H17NO4/c1-8-5-11(12(14)15)9(2)13(8)6-10-7-16-3-4-17-10/h5,10H,3-4,6-7H2,1-2H3,(H,14,15). The van der Waals surface area contributed by atoms with Crippen LogP contribution in [0.2, 0.25) is 0 Å². The van der Waals surface area contributed by atoms with Crippen molar-refractivity contribution in [3.05, 3.63) is 23.0 Å². The van der Waals surface area contributed by atoms with Crippen molar-refractivity contribution >= 4 is 5.97 Å². The molecule has 0 amide bonds. The molecule has 94 valence electrons. The molecule has 5 heteroatoms. The van der Waals surface area contributed by atoms with E-state index in [1.54, 1.807) is 6.07 Å². The molecule has 1 aliphatic rings. The molecule has 1 aromatic heterocycles. The molecule has 1 fully saturated rings. The van der Waals surface area contributed by atoms with Crippen LogP contribution in [0.5, 0.6) is 0 Å². The van der Waals surface area contributed by atoms with Crippen LogP contribution in [0.4, 0.5) is 0 Å². The van der Waals surface area contributed by atoms with Crippen LogP contribution in [-0.2, 0) is 16.0 Å². The Bertz CT molecular complexity index is 418. The molecule has 0 radical (unpaired) electrons. The van der Waals surface area contributed by atoms with Gasteiger partial charge in [-0.2, -0.15) is 0 Å². The van der Waals surface area contributed by atoms with Gasteiger partial charge in [-0.05, 0) is 19.9 Å². The lowest BCUT2D eigenvalue weighted by Crippen LogP contribution is -2.32. The van der Waals surface area contributed by atoms with E-state index in [-0.39, 0.29) is 6.10 Å². The molecule has 0 aromatic carbocycles. The lowest BCUT2D eigenvalue weighted by molar-refractivity contribution is -0.0938. The summed E-state index contributed by atoms with van der Waals surface area (Å²) in [4.78, 5) is 11.0. The van der Waals surface area contributed by atoms with Crippen LogP contribution in [-0.4, -0.2) is 41.6 Å². The number of hydrogen-bond donors (Lipinski definition) is 1. The number of hydrogen-bond acceptors (Lipinski definition) is 3. The van der Waals surface area contributed by atoms with E-state index in [0.29, 0.717) is 31.9 Å². The molecule has 1 atom stereocenters. The van der Waals surface area contributed by atoms with Crippen molar-refractivity contribution in [2.75, 3.05) is 19.8 Å². The number of ether oxygens (including phenoxy) is 2. The maximum absolute atomic E-state index is 11.0. The van der Waals surface area contributed by atoms with E-state index in [0.717, 1.165) is 11.4 Å².